The predicted molar refractivity (Wildman–Crippen MR) is 102 cm³/mol. The summed E-state index contributed by atoms with van der Waals surface area (Å²) in [5, 5.41) is 10.9. The molecule has 0 aliphatic heterocycles. The maximum absolute atomic E-state index is 12.3. The molecule has 1 atom stereocenters. The average Bonchev–Trinajstić information content (AvgIpc) is 3.04. The highest BCUT2D eigenvalue weighted by Gasteiger charge is 2.19. The maximum atomic E-state index is 12.3. The van der Waals surface area contributed by atoms with E-state index in [9.17, 15) is 9.59 Å². The zero-order chi connectivity index (χ0) is 19.3. The zero-order valence-electron chi connectivity index (χ0n) is 15.3. The second kappa shape index (κ2) is 9.00. The topological polar surface area (TPSA) is 90.4 Å². The number of hydrogen-bond donors (Lipinski definition) is 1. The number of esters is 1. The van der Waals surface area contributed by atoms with E-state index in [1.165, 1.54) is 30.2 Å². The number of aromatic nitrogens is 2. The van der Waals surface area contributed by atoms with Gasteiger partial charge in [0.25, 0.3) is 5.91 Å². The summed E-state index contributed by atoms with van der Waals surface area (Å²) in [6, 6.07) is 3.99. The van der Waals surface area contributed by atoms with Crippen molar-refractivity contribution in [2.45, 2.75) is 38.1 Å². The molecule has 0 unspecified atom stereocenters. The van der Waals surface area contributed by atoms with Gasteiger partial charge in [0.1, 0.15) is 5.75 Å². The van der Waals surface area contributed by atoms with Crippen LogP contribution < -0.4 is 10.1 Å². The smallest absolute Gasteiger partial charge is 0.316 e. The molecule has 1 amide bonds. The van der Waals surface area contributed by atoms with Crippen LogP contribution in [-0.4, -0.2) is 41.0 Å². The Hall–Kier alpha value is -2.13. The van der Waals surface area contributed by atoms with Gasteiger partial charge in [0.05, 0.1) is 12.9 Å². The van der Waals surface area contributed by atoms with Crippen LogP contribution in [0.4, 0.5) is 5.13 Å². The molecule has 1 N–H and O–H groups in total. The number of hydrogen-bond acceptors (Lipinski definition) is 8. The fourth-order valence-corrected chi connectivity index (χ4v) is 3.66. The molecular formula is C17H21N3O4S2. The minimum Gasteiger partial charge on any atom is -0.481 e. The first-order valence-electron chi connectivity index (χ1n) is 7.88. The van der Waals surface area contributed by atoms with Crippen molar-refractivity contribution in [1.82, 2.24) is 10.2 Å². The Labute approximate surface area is 160 Å². The van der Waals surface area contributed by atoms with Gasteiger partial charge in [0, 0.05) is 0 Å². The molecule has 7 nitrogen and oxygen atoms in total. The summed E-state index contributed by atoms with van der Waals surface area (Å²) in [6.45, 7) is 7.64. The van der Waals surface area contributed by atoms with Crippen molar-refractivity contribution in [3.63, 3.8) is 0 Å². The largest absolute Gasteiger partial charge is 0.481 e. The molecule has 0 saturated carbocycles. The van der Waals surface area contributed by atoms with E-state index in [4.69, 9.17) is 4.74 Å². The van der Waals surface area contributed by atoms with E-state index in [1.54, 1.807) is 6.92 Å². The van der Waals surface area contributed by atoms with Crippen LogP contribution in [-0.2, 0) is 14.3 Å². The van der Waals surface area contributed by atoms with Gasteiger partial charge in [-0.15, -0.1) is 10.2 Å². The van der Waals surface area contributed by atoms with E-state index in [2.05, 4.69) is 26.3 Å². The fourth-order valence-electron chi connectivity index (χ4n) is 2.07. The number of amides is 1. The summed E-state index contributed by atoms with van der Waals surface area (Å²) >= 11 is 2.40. The standard InChI is InChI=1S/C17H21N3O4S2/c1-9-6-10(2)11(3)13(7-9)24-12(4)15(22)18-16-19-20-17(26-16)25-8-14(21)23-5/h6-7,12H,8H2,1-5H3,(H,18,19,22)/t12-/m0/s1. The highest BCUT2D eigenvalue weighted by Crippen LogP contribution is 2.27. The number of aryl methyl sites for hydroxylation is 2. The Morgan fingerprint density at radius 3 is 2.69 bits per heavy atom. The zero-order valence-corrected chi connectivity index (χ0v) is 16.9. The van der Waals surface area contributed by atoms with Gasteiger partial charge < -0.3 is 9.47 Å². The summed E-state index contributed by atoms with van der Waals surface area (Å²) in [5.74, 6) is 0.174. The second-order valence-electron chi connectivity index (χ2n) is 5.69. The van der Waals surface area contributed by atoms with Gasteiger partial charge in [-0.05, 0) is 50.5 Å². The van der Waals surface area contributed by atoms with Crippen molar-refractivity contribution in [2.75, 3.05) is 18.2 Å². The number of methoxy groups -OCH3 is 1. The van der Waals surface area contributed by atoms with E-state index in [0.717, 1.165) is 16.7 Å². The summed E-state index contributed by atoms with van der Waals surface area (Å²) in [5.41, 5.74) is 3.20. The quantitative estimate of drug-likeness (QED) is 0.437. The van der Waals surface area contributed by atoms with Gasteiger partial charge in [-0.25, -0.2) is 0 Å². The first-order valence-corrected chi connectivity index (χ1v) is 9.69. The molecule has 2 rings (SSSR count). The molecule has 1 aromatic carbocycles. The number of nitrogens with zero attached hydrogens (tertiary/aromatic N) is 2. The molecular weight excluding hydrogens is 374 g/mol. The van der Waals surface area contributed by atoms with E-state index in [0.29, 0.717) is 15.2 Å². The lowest BCUT2D eigenvalue weighted by Gasteiger charge is -2.17. The Kier molecular flexibility index (Phi) is 6.98. The van der Waals surface area contributed by atoms with Crippen molar-refractivity contribution in [3.05, 3.63) is 28.8 Å². The molecule has 26 heavy (non-hydrogen) atoms. The van der Waals surface area contributed by atoms with Crippen LogP contribution in [0.15, 0.2) is 16.5 Å². The monoisotopic (exact) mass is 395 g/mol. The van der Waals surface area contributed by atoms with Crippen LogP contribution in [0.25, 0.3) is 0 Å². The minimum atomic E-state index is -0.690. The fraction of sp³-hybridized carbons (Fsp3) is 0.412. The van der Waals surface area contributed by atoms with Crippen molar-refractivity contribution in [2.24, 2.45) is 0 Å². The number of carbonyl (C=O) groups excluding carboxylic acids is 2. The van der Waals surface area contributed by atoms with Crippen LogP contribution in [0.2, 0.25) is 0 Å². The molecule has 0 bridgehead atoms. The molecule has 0 saturated heterocycles. The van der Waals surface area contributed by atoms with Gasteiger partial charge in [0.15, 0.2) is 10.4 Å². The number of ether oxygens (including phenoxy) is 2. The number of anilines is 1. The van der Waals surface area contributed by atoms with Crippen LogP contribution in [0, 0.1) is 20.8 Å². The van der Waals surface area contributed by atoms with E-state index in [-0.39, 0.29) is 17.6 Å². The van der Waals surface area contributed by atoms with Crippen molar-refractivity contribution >= 4 is 40.1 Å². The maximum Gasteiger partial charge on any atom is 0.316 e. The van der Waals surface area contributed by atoms with Crippen molar-refractivity contribution in [1.29, 1.82) is 0 Å². The van der Waals surface area contributed by atoms with Gasteiger partial charge in [-0.2, -0.15) is 0 Å². The van der Waals surface area contributed by atoms with Gasteiger partial charge in [-0.1, -0.05) is 29.2 Å². The highest BCUT2D eigenvalue weighted by atomic mass is 32.2. The van der Waals surface area contributed by atoms with Crippen LogP contribution in [0.1, 0.15) is 23.6 Å². The lowest BCUT2D eigenvalue weighted by Crippen LogP contribution is -2.30. The SMILES string of the molecule is COC(=O)CSc1nnc(NC(=O)[C@H](C)Oc2cc(C)cc(C)c2C)s1. The summed E-state index contributed by atoms with van der Waals surface area (Å²) < 4.78 is 11.0. The minimum absolute atomic E-state index is 0.143. The first-order chi connectivity index (χ1) is 12.3. The third kappa shape index (κ3) is 5.43. The molecule has 1 heterocycles. The van der Waals surface area contributed by atoms with E-state index in [1.807, 2.05) is 26.8 Å². The van der Waals surface area contributed by atoms with Crippen molar-refractivity contribution < 1.29 is 19.1 Å². The number of nitrogens with one attached hydrogen (secondary N) is 1. The van der Waals surface area contributed by atoms with Crippen LogP contribution in [0.3, 0.4) is 0 Å². The molecule has 0 radical (unpaired) electrons. The molecule has 1 aromatic heterocycles. The second-order valence-corrected chi connectivity index (χ2v) is 7.89. The van der Waals surface area contributed by atoms with Crippen LogP contribution in [0.5, 0.6) is 5.75 Å². The molecule has 9 heteroatoms. The highest BCUT2D eigenvalue weighted by molar-refractivity contribution is 8.01. The number of carbonyl (C=O) groups is 2. The van der Waals surface area contributed by atoms with Gasteiger partial charge >= 0.3 is 5.97 Å². The summed E-state index contributed by atoms with van der Waals surface area (Å²) in [4.78, 5) is 23.5. The third-order valence-electron chi connectivity index (χ3n) is 3.61. The van der Waals surface area contributed by atoms with Gasteiger partial charge in [0.2, 0.25) is 5.13 Å². The summed E-state index contributed by atoms with van der Waals surface area (Å²) in [7, 11) is 1.33. The van der Waals surface area contributed by atoms with E-state index >= 15 is 0 Å². The van der Waals surface area contributed by atoms with Gasteiger partial charge in [-0.3, -0.25) is 14.9 Å². The molecule has 140 valence electrons. The lowest BCUT2D eigenvalue weighted by molar-refractivity contribution is -0.137. The molecule has 2 aromatic rings. The Bertz CT molecular complexity index is 807. The third-order valence-corrected chi connectivity index (χ3v) is 5.56. The molecule has 0 aliphatic rings. The predicted octanol–water partition coefficient (Wildman–Crippen LogP) is 3.13. The average molecular weight is 396 g/mol. The Morgan fingerprint density at radius 2 is 2.00 bits per heavy atom. The number of thioether (sulfide) groups is 1. The first kappa shape index (κ1) is 20.2. The lowest BCUT2D eigenvalue weighted by atomic mass is 10.1. The van der Waals surface area contributed by atoms with Crippen molar-refractivity contribution in [3.8, 4) is 5.75 Å². The van der Waals surface area contributed by atoms with E-state index < -0.39 is 6.10 Å². The Morgan fingerprint density at radius 1 is 1.27 bits per heavy atom. The van der Waals surface area contributed by atoms with Crippen LogP contribution >= 0.6 is 23.1 Å². The number of rotatable bonds is 7. The normalized spacial score (nSPS) is 11.7. The molecule has 0 aliphatic carbocycles. The number of benzene rings is 1. The summed E-state index contributed by atoms with van der Waals surface area (Å²) in [6.07, 6.45) is -0.690. The molecule has 0 spiro atoms. The Balaban J connectivity index is 1.95. The molecule has 0 fully saturated rings.